The van der Waals surface area contributed by atoms with Crippen LogP contribution >= 0.6 is 23.2 Å². The van der Waals surface area contributed by atoms with Crippen LogP contribution < -0.4 is 15.5 Å². The first kappa shape index (κ1) is 22.4. The van der Waals surface area contributed by atoms with E-state index in [1.165, 1.54) is 42.5 Å². The molecule has 2 N–H and O–H groups in total. The molecule has 0 fully saturated rings. The van der Waals surface area contributed by atoms with Crippen molar-refractivity contribution < 1.29 is 23.2 Å². The minimum Gasteiger partial charge on any atom is -0.350 e. The molecular formula is C23H13Cl2F2N3O3. The number of anilines is 3. The lowest BCUT2D eigenvalue weighted by Gasteiger charge is -2.15. The zero-order valence-electron chi connectivity index (χ0n) is 16.5. The second-order valence-corrected chi connectivity index (χ2v) is 7.69. The van der Waals surface area contributed by atoms with Crippen molar-refractivity contribution in [3.05, 3.63) is 99.7 Å². The summed E-state index contributed by atoms with van der Waals surface area (Å²) in [5, 5.41) is 4.76. The van der Waals surface area contributed by atoms with Gasteiger partial charge in [-0.25, -0.2) is 13.7 Å². The summed E-state index contributed by atoms with van der Waals surface area (Å²) in [5.41, 5.74) is 0.794. The van der Waals surface area contributed by atoms with E-state index in [-0.39, 0.29) is 27.0 Å². The van der Waals surface area contributed by atoms with Gasteiger partial charge in [0, 0.05) is 16.9 Å². The van der Waals surface area contributed by atoms with Gasteiger partial charge in [0.05, 0.1) is 10.7 Å². The second-order valence-electron chi connectivity index (χ2n) is 6.90. The van der Waals surface area contributed by atoms with Crippen molar-refractivity contribution >= 4 is 58.0 Å². The van der Waals surface area contributed by atoms with Crippen LogP contribution in [0.15, 0.2) is 77.5 Å². The van der Waals surface area contributed by atoms with E-state index in [2.05, 4.69) is 10.6 Å². The Balaban J connectivity index is 1.54. The molecule has 0 aliphatic carbocycles. The van der Waals surface area contributed by atoms with Crippen LogP contribution in [0, 0.1) is 11.6 Å². The van der Waals surface area contributed by atoms with Gasteiger partial charge in [0.2, 0.25) is 0 Å². The van der Waals surface area contributed by atoms with Crippen LogP contribution in [0.3, 0.4) is 0 Å². The van der Waals surface area contributed by atoms with Crippen molar-refractivity contribution in [2.24, 2.45) is 0 Å². The average Bonchev–Trinajstić information content (AvgIpc) is 3.00. The van der Waals surface area contributed by atoms with Gasteiger partial charge in [0.15, 0.2) is 0 Å². The van der Waals surface area contributed by atoms with E-state index in [0.717, 1.165) is 17.0 Å². The molecule has 33 heavy (non-hydrogen) atoms. The third-order valence-corrected chi connectivity index (χ3v) is 5.33. The fourth-order valence-electron chi connectivity index (χ4n) is 3.09. The quantitative estimate of drug-likeness (QED) is 0.478. The monoisotopic (exact) mass is 487 g/mol. The van der Waals surface area contributed by atoms with Gasteiger partial charge < -0.3 is 10.6 Å². The number of benzene rings is 3. The first-order valence-electron chi connectivity index (χ1n) is 9.42. The van der Waals surface area contributed by atoms with Gasteiger partial charge in [-0.05, 0) is 60.7 Å². The van der Waals surface area contributed by atoms with Crippen molar-refractivity contribution in [1.29, 1.82) is 0 Å². The Kier molecular flexibility index (Phi) is 6.13. The Bertz CT molecular complexity index is 1330. The maximum atomic E-state index is 13.5. The van der Waals surface area contributed by atoms with Crippen LogP contribution in [0.4, 0.5) is 25.8 Å². The van der Waals surface area contributed by atoms with E-state index in [4.69, 9.17) is 23.2 Å². The maximum absolute atomic E-state index is 13.5. The first-order valence-corrected chi connectivity index (χ1v) is 10.2. The molecule has 0 saturated heterocycles. The number of halogens is 4. The van der Waals surface area contributed by atoms with Crippen LogP contribution in [0.25, 0.3) is 0 Å². The molecule has 1 aliphatic heterocycles. The number of carbonyl (C=O) groups is 3. The topological polar surface area (TPSA) is 78.5 Å². The number of imide groups is 1. The molecule has 0 unspecified atom stereocenters. The van der Waals surface area contributed by atoms with Gasteiger partial charge >= 0.3 is 0 Å². The lowest BCUT2D eigenvalue weighted by atomic mass is 10.1. The molecule has 0 spiro atoms. The van der Waals surface area contributed by atoms with Crippen LogP contribution in [0.1, 0.15) is 10.4 Å². The number of amides is 3. The molecule has 0 aromatic heterocycles. The smallest absolute Gasteiger partial charge is 0.283 e. The predicted octanol–water partition coefficient (Wildman–Crippen LogP) is 5.31. The molecule has 166 valence electrons. The van der Waals surface area contributed by atoms with E-state index in [0.29, 0.717) is 11.4 Å². The summed E-state index contributed by atoms with van der Waals surface area (Å²) in [7, 11) is 0. The van der Waals surface area contributed by atoms with Crippen LogP contribution in [-0.4, -0.2) is 17.7 Å². The number of carbonyl (C=O) groups excluding carboxylic acids is 3. The zero-order chi connectivity index (χ0) is 23.7. The first-order chi connectivity index (χ1) is 15.7. The standard InChI is InChI=1S/C23H13Cl2F2N3O3/c24-17-11-16(8-9-18(17)27)30-22(32)19(25)20(23(30)33)28-15-3-1-2-12(10-15)21(31)29-14-6-4-13(26)5-7-14/h1-11,28H,(H,29,31). The SMILES string of the molecule is O=C(Nc1ccc(F)cc1)c1cccc(NC2=C(Cl)C(=O)N(c3ccc(F)c(Cl)c3)C2=O)c1. The number of nitrogens with zero attached hydrogens (tertiary/aromatic N) is 1. The van der Waals surface area contributed by atoms with Gasteiger partial charge in [-0.1, -0.05) is 29.3 Å². The molecule has 0 atom stereocenters. The summed E-state index contributed by atoms with van der Waals surface area (Å²) in [6.07, 6.45) is 0. The van der Waals surface area contributed by atoms with E-state index >= 15 is 0 Å². The Morgan fingerprint density at radius 3 is 2.27 bits per heavy atom. The van der Waals surface area contributed by atoms with Gasteiger partial charge in [0.25, 0.3) is 17.7 Å². The molecule has 0 bridgehead atoms. The Morgan fingerprint density at radius 2 is 1.58 bits per heavy atom. The molecule has 4 rings (SSSR count). The molecule has 6 nitrogen and oxygen atoms in total. The number of rotatable bonds is 5. The van der Waals surface area contributed by atoms with Gasteiger partial charge in [0.1, 0.15) is 22.4 Å². The summed E-state index contributed by atoms with van der Waals surface area (Å²) in [4.78, 5) is 38.7. The Labute approximate surface area is 196 Å². The van der Waals surface area contributed by atoms with Crippen LogP contribution in [0.2, 0.25) is 5.02 Å². The molecule has 10 heteroatoms. The fraction of sp³-hybridized carbons (Fsp3) is 0. The minimum atomic E-state index is -0.808. The lowest BCUT2D eigenvalue weighted by Crippen LogP contribution is -2.32. The number of hydrogen-bond donors (Lipinski definition) is 2. The molecule has 1 aliphatic rings. The van der Waals surface area contributed by atoms with E-state index in [1.807, 2.05) is 0 Å². The molecular weight excluding hydrogens is 475 g/mol. The summed E-state index contributed by atoms with van der Waals surface area (Å²) in [5.74, 6) is -3.18. The van der Waals surface area contributed by atoms with E-state index < -0.39 is 29.4 Å². The van der Waals surface area contributed by atoms with Crippen molar-refractivity contribution in [3.63, 3.8) is 0 Å². The zero-order valence-corrected chi connectivity index (χ0v) is 18.0. The summed E-state index contributed by atoms with van der Waals surface area (Å²) in [6, 6.07) is 14.8. The van der Waals surface area contributed by atoms with Crippen molar-refractivity contribution in [3.8, 4) is 0 Å². The highest BCUT2D eigenvalue weighted by atomic mass is 35.5. The average molecular weight is 488 g/mol. The summed E-state index contributed by atoms with van der Waals surface area (Å²) in [6.45, 7) is 0. The highest BCUT2D eigenvalue weighted by molar-refractivity contribution is 6.53. The van der Waals surface area contributed by atoms with Crippen LogP contribution in [0.5, 0.6) is 0 Å². The highest BCUT2D eigenvalue weighted by Crippen LogP contribution is 2.32. The lowest BCUT2D eigenvalue weighted by molar-refractivity contribution is -0.120. The fourth-order valence-corrected chi connectivity index (χ4v) is 3.48. The van der Waals surface area contributed by atoms with Crippen molar-refractivity contribution in [1.82, 2.24) is 0 Å². The van der Waals surface area contributed by atoms with Gasteiger partial charge in [-0.2, -0.15) is 0 Å². The molecule has 0 saturated carbocycles. The third-order valence-electron chi connectivity index (χ3n) is 4.68. The predicted molar refractivity (Wildman–Crippen MR) is 121 cm³/mol. The highest BCUT2D eigenvalue weighted by Gasteiger charge is 2.39. The molecule has 3 aromatic carbocycles. The minimum absolute atomic E-state index is 0.0544. The third kappa shape index (κ3) is 4.57. The van der Waals surface area contributed by atoms with Crippen molar-refractivity contribution in [2.45, 2.75) is 0 Å². The summed E-state index contributed by atoms with van der Waals surface area (Å²) < 4.78 is 26.5. The van der Waals surface area contributed by atoms with Crippen molar-refractivity contribution in [2.75, 3.05) is 15.5 Å². The Hall–Kier alpha value is -3.75. The van der Waals surface area contributed by atoms with Crippen LogP contribution in [-0.2, 0) is 9.59 Å². The normalized spacial score (nSPS) is 13.5. The maximum Gasteiger partial charge on any atom is 0.283 e. The number of nitrogens with one attached hydrogen (secondary N) is 2. The van der Waals surface area contributed by atoms with E-state index in [9.17, 15) is 23.2 Å². The Morgan fingerprint density at radius 1 is 0.848 bits per heavy atom. The van der Waals surface area contributed by atoms with E-state index in [1.54, 1.807) is 12.1 Å². The van der Waals surface area contributed by atoms with Gasteiger partial charge in [-0.15, -0.1) is 0 Å². The molecule has 0 radical (unpaired) electrons. The largest absolute Gasteiger partial charge is 0.350 e. The number of hydrogen-bond acceptors (Lipinski definition) is 4. The molecule has 1 heterocycles. The molecule has 3 aromatic rings. The van der Waals surface area contributed by atoms with Gasteiger partial charge in [-0.3, -0.25) is 14.4 Å². The molecule has 3 amide bonds. The summed E-state index contributed by atoms with van der Waals surface area (Å²) >= 11 is 11.9. The second kappa shape index (κ2) is 9.01.